The van der Waals surface area contributed by atoms with Crippen molar-refractivity contribution >= 4 is 54.9 Å². The van der Waals surface area contributed by atoms with Gasteiger partial charge in [-0.25, -0.2) is 0 Å². The molecule has 0 N–H and O–H groups in total. The Hall–Kier alpha value is -3.82. The molecular weight excluding hydrogens is 542 g/mol. The molecular formula is C36H28BrNO. The van der Waals surface area contributed by atoms with Crippen LogP contribution < -0.4 is 4.90 Å². The standard InChI is InChI=1S/C36H28BrNO/c1-35(2)27-11-7-5-9-23(27)24-15-14-22(20-29(24)35)38-31-18-13-21(37)19-30(31)36(3,4)28-17-16-26-25-10-6-8-12-32(25)39-34(26)33(28)38/h5-20H,1-4H3. The molecule has 0 radical (unpaired) electrons. The monoisotopic (exact) mass is 569 g/mol. The van der Waals surface area contributed by atoms with Gasteiger partial charge in [0, 0.05) is 31.8 Å². The van der Waals surface area contributed by atoms with E-state index in [2.05, 4.69) is 140 Å². The third kappa shape index (κ3) is 2.97. The fourth-order valence-electron chi connectivity index (χ4n) is 7.07. The highest BCUT2D eigenvalue weighted by atomic mass is 79.9. The van der Waals surface area contributed by atoms with Crippen LogP contribution in [0.25, 0.3) is 33.1 Å². The molecule has 1 aromatic heterocycles. The molecule has 2 aliphatic rings. The van der Waals surface area contributed by atoms with E-state index in [4.69, 9.17) is 4.42 Å². The summed E-state index contributed by atoms with van der Waals surface area (Å²) in [5.41, 5.74) is 13.1. The molecule has 0 unspecified atom stereocenters. The average Bonchev–Trinajstić information content (AvgIpc) is 3.42. The second-order valence-corrected chi connectivity index (χ2v) is 12.9. The number of para-hydroxylation sites is 1. The van der Waals surface area contributed by atoms with E-state index in [1.165, 1.54) is 39.1 Å². The SMILES string of the molecule is CC1(C)c2ccccc2-c2ccc(N3c4ccc(Br)cc4C(C)(C)c4ccc5c(oc6ccccc65)c43)cc21. The zero-order valence-electron chi connectivity index (χ0n) is 22.5. The molecule has 39 heavy (non-hydrogen) atoms. The first kappa shape index (κ1) is 23.1. The summed E-state index contributed by atoms with van der Waals surface area (Å²) >= 11 is 3.76. The van der Waals surface area contributed by atoms with Gasteiger partial charge in [-0.3, -0.25) is 0 Å². The molecule has 1 aliphatic heterocycles. The number of nitrogens with zero attached hydrogens (tertiary/aromatic N) is 1. The number of halogens is 1. The van der Waals surface area contributed by atoms with E-state index in [0.717, 1.165) is 37.8 Å². The molecule has 6 aromatic rings. The lowest BCUT2D eigenvalue weighted by atomic mass is 9.73. The van der Waals surface area contributed by atoms with Crippen LogP contribution in [-0.4, -0.2) is 0 Å². The molecule has 2 heterocycles. The highest BCUT2D eigenvalue weighted by molar-refractivity contribution is 9.10. The fourth-order valence-corrected chi connectivity index (χ4v) is 7.43. The first-order chi connectivity index (χ1) is 18.8. The van der Waals surface area contributed by atoms with Gasteiger partial charge in [0.2, 0.25) is 0 Å². The molecule has 8 rings (SSSR count). The van der Waals surface area contributed by atoms with Gasteiger partial charge in [0.1, 0.15) is 5.58 Å². The van der Waals surface area contributed by atoms with E-state index in [0.29, 0.717) is 0 Å². The molecule has 3 heteroatoms. The van der Waals surface area contributed by atoms with Crippen molar-refractivity contribution < 1.29 is 4.42 Å². The first-order valence-electron chi connectivity index (χ1n) is 13.6. The molecule has 1 aliphatic carbocycles. The number of fused-ring (bicyclic) bond motifs is 9. The zero-order valence-corrected chi connectivity index (χ0v) is 24.1. The second kappa shape index (κ2) is 7.64. The van der Waals surface area contributed by atoms with Gasteiger partial charge in [0.25, 0.3) is 0 Å². The van der Waals surface area contributed by atoms with Crippen LogP contribution in [0.1, 0.15) is 49.9 Å². The summed E-state index contributed by atoms with van der Waals surface area (Å²) < 4.78 is 7.76. The van der Waals surface area contributed by atoms with Crippen molar-refractivity contribution in [2.24, 2.45) is 0 Å². The number of furan rings is 1. The van der Waals surface area contributed by atoms with E-state index in [1.54, 1.807) is 0 Å². The molecule has 5 aromatic carbocycles. The lowest BCUT2D eigenvalue weighted by Gasteiger charge is -2.42. The minimum atomic E-state index is -0.204. The van der Waals surface area contributed by atoms with Crippen molar-refractivity contribution in [3.8, 4) is 11.1 Å². The van der Waals surface area contributed by atoms with Gasteiger partial charge in [-0.05, 0) is 69.8 Å². The molecule has 0 saturated carbocycles. The summed E-state index contributed by atoms with van der Waals surface area (Å²) in [6, 6.07) is 35.4. The van der Waals surface area contributed by atoms with E-state index in [-0.39, 0.29) is 10.8 Å². The second-order valence-electron chi connectivity index (χ2n) is 12.0. The van der Waals surface area contributed by atoms with Crippen molar-refractivity contribution in [2.75, 3.05) is 4.90 Å². The maximum Gasteiger partial charge on any atom is 0.159 e. The normalized spacial score (nSPS) is 16.2. The van der Waals surface area contributed by atoms with E-state index in [9.17, 15) is 0 Å². The Morgan fingerprint density at radius 3 is 2.23 bits per heavy atom. The largest absolute Gasteiger partial charge is 0.454 e. The van der Waals surface area contributed by atoms with Crippen molar-refractivity contribution in [3.63, 3.8) is 0 Å². The minimum Gasteiger partial charge on any atom is -0.454 e. The maximum atomic E-state index is 6.67. The minimum absolute atomic E-state index is 0.0757. The topological polar surface area (TPSA) is 16.4 Å². The predicted octanol–water partition coefficient (Wildman–Crippen LogP) is 10.8. The molecule has 190 valence electrons. The van der Waals surface area contributed by atoms with Crippen molar-refractivity contribution in [1.29, 1.82) is 0 Å². The molecule has 0 amide bonds. The Labute approximate surface area is 237 Å². The number of anilines is 3. The number of rotatable bonds is 1. The average molecular weight is 571 g/mol. The summed E-state index contributed by atoms with van der Waals surface area (Å²) in [6.45, 7) is 9.34. The Morgan fingerprint density at radius 2 is 1.36 bits per heavy atom. The van der Waals surface area contributed by atoms with Crippen LogP contribution in [0.15, 0.2) is 106 Å². The summed E-state index contributed by atoms with van der Waals surface area (Å²) in [7, 11) is 0. The van der Waals surface area contributed by atoms with Gasteiger partial charge in [-0.2, -0.15) is 0 Å². The third-order valence-electron chi connectivity index (χ3n) is 9.12. The lowest BCUT2D eigenvalue weighted by Crippen LogP contribution is -2.31. The summed E-state index contributed by atoms with van der Waals surface area (Å²) in [6.07, 6.45) is 0. The molecule has 0 atom stereocenters. The first-order valence-corrected chi connectivity index (χ1v) is 14.4. The van der Waals surface area contributed by atoms with Crippen LogP contribution in [0.2, 0.25) is 0 Å². The van der Waals surface area contributed by atoms with E-state index >= 15 is 0 Å². The number of hydrogen-bond donors (Lipinski definition) is 0. The molecule has 0 spiro atoms. The van der Waals surface area contributed by atoms with E-state index < -0.39 is 0 Å². The Morgan fingerprint density at radius 1 is 0.615 bits per heavy atom. The maximum absolute atomic E-state index is 6.67. The Kier molecular flexibility index (Phi) is 4.53. The zero-order chi connectivity index (χ0) is 26.7. The van der Waals surface area contributed by atoms with Crippen LogP contribution in [0.4, 0.5) is 17.1 Å². The van der Waals surface area contributed by atoms with Crippen molar-refractivity contribution in [3.05, 3.63) is 124 Å². The van der Waals surface area contributed by atoms with Crippen LogP contribution in [0.5, 0.6) is 0 Å². The fraction of sp³-hybridized carbons (Fsp3) is 0.167. The molecule has 0 bridgehead atoms. The van der Waals surface area contributed by atoms with Gasteiger partial charge in [0.05, 0.1) is 11.4 Å². The number of hydrogen-bond acceptors (Lipinski definition) is 2. The van der Waals surface area contributed by atoms with Gasteiger partial charge in [-0.1, -0.05) is 104 Å². The Bertz CT molecular complexity index is 1990. The van der Waals surface area contributed by atoms with Crippen LogP contribution >= 0.6 is 15.9 Å². The highest BCUT2D eigenvalue weighted by Gasteiger charge is 2.41. The van der Waals surface area contributed by atoms with Gasteiger partial charge in [0.15, 0.2) is 5.58 Å². The van der Waals surface area contributed by atoms with Crippen molar-refractivity contribution in [1.82, 2.24) is 0 Å². The van der Waals surface area contributed by atoms with Gasteiger partial charge >= 0.3 is 0 Å². The molecule has 2 nitrogen and oxygen atoms in total. The molecule has 0 saturated heterocycles. The van der Waals surface area contributed by atoms with Crippen molar-refractivity contribution in [2.45, 2.75) is 38.5 Å². The van der Waals surface area contributed by atoms with Crippen LogP contribution in [0.3, 0.4) is 0 Å². The summed E-state index contributed by atoms with van der Waals surface area (Å²) in [4.78, 5) is 2.44. The van der Waals surface area contributed by atoms with Gasteiger partial charge in [-0.15, -0.1) is 0 Å². The van der Waals surface area contributed by atoms with Crippen LogP contribution in [0, 0.1) is 0 Å². The Balaban J connectivity index is 1.46. The van der Waals surface area contributed by atoms with E-state index in [1.807, 2.05) is 6.07 Å². The highest BCUT2D eigenvalue weighted by Crippen LogP contribution is 2.57. The quantitative estimate of drug-likeness (QED) is 0.196. The smallest absolute Gasteiger partial charge is 0.159 e. The third-order valence-corrected chi connectivity index (χ3v) is 9.61. The predicted molar refractivity (Wildman–Crippen MR) is 166 cm³/mol. The lowest BCUT2D eigenvalue weighted by molar-refractivity contribution is 0.623. The number of benzene rings is 5. The van der Waals surface area contributed by atoms with Crippen LogP contribution in [-0.2, 0) is 10.8 Å². The summed E-state index contributed by atoms with van der Waals surface area (Å²) in [5.74, 6) is 0. The van der Waals surface area contributed by atoms with Gasteiger partial charge < -0.3 is 9.32 Å². The summed E-state index contributed by atoms with van der Waals surface area (Å²) in [5, 5.41) is 2.31. The molecule has 0 fully saturated rings.